The van der Waals surface area contributed by atoms with Crippen LogP contribution in [0.4, 0.5) is 0 Å². The summed E-state index contributed by atoms with van der Waals surface area (Å²) >= 11 is 0. The molecule has 1 unspecified atom stereocenters. The number of rotatable bonds is 5. The molecule has 18 heavy (non-hydrogen) atoms. The number of pyridine rings is 1. The third-order valence-corrected chi connectivity index (χ3v) is 3.03. The van der Waals surface area contributed by atoms with Crippen LogP contribution >= 0.6 is 0 Å². The molecule has 0 amide bonds. The van der Waals surface area contributed by atoms with Crippen molar-refractivity contribution in [1.29, 1.82) is 0 Å². The summed E-state index contributed by atoms with van der Waals surface area (Å²) in [6.07, 6.45) is 5.53. The number of aryl methyl sites for hydroxylation is 3. The van der Waals surface area contributed by atoms with Gasteiger partial charge in [-0.15, -0.1) is 0 Å². The number of aromatic nitrogens is 3. The fraction of sp³-hybridized carbons (Fsp3) is 0.429. The van der Waals surface area contributed by atoms with Crippen molar-refractivity contribution in [3.05, 3.63) is 47.5 Å². The summed E-state index contributed by atoms with van der Waals surface area (Å²) in [6.45, 7) is 1.96. The Bertz CT molecular complexity index is 493. The molecule has 0 aliphatic heterocycles. The molecule has 4 nitrogen and oxygen atoms in total. The average Bonchev–Trinajstić information content (AvgIpc) is 2.67. The molecule has 0 aliphatic carbocycles. The van der Waals surface area contributed by atoms with Crippen molar-refractivity contribution < 1.29 is 5.11 Å². The normalized spacial score (nSPS) is 12.6. The molecular weight excluding hydrogens is 226 g/mol. The lowest BCUT2D eigenvalue weighted by atomic mass is 10.1. The molecule has 2 aromatic heterocycles. The molecule has 0 saturated carbocycles. The first kappa shape index (κ1) is 12.8. The number of aliphatic hydroxyl groups excluding tert-OH is 1. The van der Waals surface area contributed by atoms with E-state index < -0.39 is 0 Å². The van der Waals surface area contributed by atoms with Crippen molar-refractivity contribution in [2.45, 2.75) is 32.3 Å². The van der Waals surface area contributed by atoms with Gasteiger partial charge < -0.3 is 5.11 Å². The van der Waals surface area contributed by atoms with Crippen molar-refractivity contribution in [3.8, 4) is 0 Å². The molecule has 2 rings (SSSR count). The van der Waals surface area contributed by atoms with Crippen molar-refractivity contribution >= 4 is 0 Å². The van der Waals surface area contributed by atoms with Gasteiger partial charge in [-0.1, -0.05) is 6.07 Å². The SMILES string of the molecule is Cc1cc(CC(O)CCc2cccnc2)n(C)n1. The van der Waals surface area contributed by atoms with Gasteiger partial charge in [0.1, 0.15) is 0 Å². The smallest absolute Gasteiger partial charge is 0.0598 e. The highest BCUT2D eigenvalue weighted by atomic mass is 16.3. The summed E-state index contributed by atoms with van der Waals surface area (Å²) in [5, 5.41) is 14.3. The molecule has 0 spiro atoms. The predicted molar refractivity (Wildman–Crippen MR) is 70.2 cm³/mol. The minimum absolute atomic E-state index is 0.333. The van der Waals surface area contributed by atoms with Crippen LogP contribution in [0.5, 0.6) is 0 Å². The predicted octanol–water partition coefficient (Wildman–Crippen LogP) is 1.66. The highest BCUT2D eigenvalue weighted by Crippen LogP contribution is 2.10. The fourth-order valence-corrected chi connectivity index (χ4v) is 2.08. The van der Waals surface area contributed by atoms with Crippen LogP contribution in [0.2, 0.25) is 0 Å². The van der Waals surface area contributed by atoms with Gasteiger partial charge in [-0.25, -0.2) is 0 Å². The molecule has 0 aromatic carbocycles. The lowest BCUT2D eigenvalue weighted by Crippen LogP contribution is -2.14. The number of hydrogen-bond acceptors (Lipinski definition) is 3. The molecule has 96 valence electrons. The summed E-state index contributed by atoms with van der Waals surface area (Å²) in [4.78, 5) is 4.07. The van der Waals surface area contributed by atoms with Gasteiger partial charge in [-0.05, 0) is 37.5 Å². The van der Waals surface area contributed by atoms with E-state index in [-0.39, 0.29) is 6.10 Å². The summed E-state index contributed by atoms with van der Waals surface area (Å²) in [6, 6.07) is 5.98. The largest absolute Gasteiger partial charge is 0.393 e. The Morgan fingerprint density at radius 2 is 2.28 bits per heavy atom. The van der Waals surface area contributed by atoms with Crippen LogP contribution in [0.3, 0.4) is 0 Å². The van der Waals surface area contributed by atoms with Crippen molar-refractivity contribution in [2.24, 2.45) is 7.05 Å². The van der Waals surface area contributed by atoms with Gasteiger partial charge in [0, 0.05) is 31.6 Å². The van der Waals surface area contributed by atoms with Crippen LogP contribution in [0.25, 0.3) is 0 Å². The maximum atomic E-state index is 10.0. The molecule has 1 atom stereocenters. The van der Waals surface area contributed by atoms with E-state index in [1.807, 2.05) is 43.0 Å². The van der Waals surface area contributed by atoms with Crippen molar-refractivity contribution in [3.63, 3.8) is 0 Å². The van der Waals surface area contributed by atoms with E-state index in [1.165, 1.54) is 0 Å². The monoisotopic (exact) mass is 245 g/mol. The first-order valence-electron chi connectivity index (χ1n) is 6.21. The van der Waals surface area contributed by atoms with E-state index >= 15 is 0 Å². The van der Waals surface area contributed by atoms with Gasteiger partial charge >= 0.3 is 0 Å². The Hall–Kier alpha value is -1.68. The van der Waals surface area contributed by atoms with Gasteiger partial charge in [-0.2, -0.15) is 5.10 Å². The van der Waals surface area contributed by atoms with Gasteiger partial charge in [-0.3, -0.25) is 9.67 Å². The standard InChI is InChI=1S/C14H19N3O/c1-11-8-13(17(2)16-11)9-14(18)6-5-12-4-3-7-15-10-12/h3-4,7-8,10,14,18H,5-6,9H2,1-2H3. The van der Waals surface area contributed by atoms with Crippen LogP contribution in [0, 0.1) is 6.92 Å². The fourth-order valence-electron chi connectivity index (χ4n) is 2.08. The van der Waals surface area contributed by atoms with E-state index in [0.717, 1.165) is 29.8 Å². The van der Waals surface area contributed by atoms with Gasteiger partial charge in [0.05, 0.1) is 11.8 Å². The Labute approximate surface area is 107 Å². The first-order chi connectivity index (χ1) is 8.65. The Morgan fingerprint density at radius 1 is 1.44 bits per heavy atom. The zero-order valence-corrected chi connectivity index (χ0v) is 10.9. The number of aliphatic hydroxyl groups is 1. The Morgan fingerprint density at radius 3 is 2.89 bits per heavy atom. The summed E-state index contributed by atoms with van der Waals surface area (Å²) in [5.74, 6) is 0. The molecule has 0 radical (unpaired) electrons. The van der Waals surface area contributed by atoms with E-state index in [4.69, 9.17) is 0 Å². The second-order valence-corrected chi connectivity index (χ2v) is 4.66. The summed E-state index contributed by atoms with van der Waals surface area (Å²) in [7, 11) is 1.91. The first-order valence-corrected chi connectivity index (χ1v) is 6.21. The summed E-state index contributed by atoms with van der Waals surface area (Å²) in [5.41, 5.74) is 3.23. The van der Waals surface area contributed by atoms with Crippen molar-refractivity contribution in [2.75, 3.05) is 0 Å². The lowest BCUT2D eigenvalue weighted by molar-refractivity contribution is 0.162. The zero-order valence-electron chi connectivity index (χ0n) is 10.9. The molecule has 0 fully saturated rings. The van der Waals surface area contributed by atoms with Crippen LogP contribution in [0.1, 0.15) is 23.4 Å². The minimum Gasteiger partial charge on any atom is -0.393 e. The maximum absolute atomic E-state index is 10.0. The quantitative estimate of drug-likeness (QED) is 0.871. The molecule has 0 aliphatic rings. The molecule has 2 aromatic rings. The number of hydrogen-bond donors (Lipinski definition) is 1. The van der Waals surface area contributed by atoms with Gasteiger partial charge in [0.2, 0.25) is 0 Å². The van der Waals surface area contributed by atoms with Crippen LogP contribution in [-0.2, 0) is 19.9 Å². The zero-order chi connectivity index (χ0) is 13.0. The molecule has 0 saturated heterocycles. The van der Waals surface area contributed by atoms with E-state index in [9.17, 15) is 5.11 Å². The highest BCUT2D eigenvalue weighted by Gasteiger charge is 2.10. The van der Waals surface area contributed by atoms with Crippen LogP contribution < -0.4 is 0 Å². The Balaban J connectivity index is 1.86. The number of nitrogens with zero attached hydrogens (tertiary/aromatic N) is 3. The van der Waals surface area contributed by atoms with E-state index in [1.54, 1.807) is 6.20 Å². The Kier molecular flexibility index (Phi) is 4.10. The van der Waals surface area contributed by atoms with Crippen molar-refractivity contribution in [1.82, 2.24) is 14.8 Å². The van der Waals surface area contributed by atoms with Crippen LogP contribution in [0.15, 0.2) is 30.6 Å². The highest BCUT2D eigenvalue weighted by molar-refractivity contribution is 5.11. The lowest BCUT2D eigenvalue weighted by Gasteiger charge is -2.10. The summed E-state index contributed by atoms with van der Waals surface area (Å²) < 4.78 is 1.84. The topological polar surface area (TPSA) is 50.9 Å². The maximum Gasteiger partial charge on any atom is 0.0598 e. The average molecular weight is 245 g/mol. The second-order valence-electron chi connectivity index (χ2n) is 4.66. The minimum atomic E-state index is -0.333. The van der Waals surface area contributed by atoms with E-state index in [2.05, 4.69) is 10.1 Å². The van der Waals surface area contributed by atoms with E-state index in [0.29, 0.717) is 6.42 Å². The second kappa shape index (κ2) is 5.78. The van der Waals surface area contributed by atoms with Gasteiger partial charge in [0.25, 0.3) is 0 Å². The molecule has 0 bridgehead atoms. The third kappa shape index (κ3) is 3.40. The van der Waals surface area contributed by atoms with Gasteiger partial charge in [0.15, 0.2) is 0 Å². The third-order valence-electron chi connectivity index (χ3n) is 3.03. The molecule has 1 N–H and O–H groups in total. The molecule has 4 heteroatoms. The molecule has 2 heterocycles. The molecular formula is C14H19N3O. The van der Waals surface area contributed by atoms with Crippen LogP contribution in [-0.4, -0.2) is 26.0 Å².